The number of aromatic nitrogens is 1. The summed E-state index contributed by atoms with van der Waals surface area (Å²) < 4.78 is 27.4. The highest BCUT2D eigenvalue weighted by molar-refractivity contribution is 7.89. The Labute approximate surface area is 121 Å². The molecule has 1 aliphatic rings. The van der Waals surface area contributed by atoms with E-state index in [2.05, 4.69) is 28.9 Å². The quantitative estimate of drug-likeness (QED) is 0.809. The van der Waals surface area contributed by atoms with Gasteiger partial charge in [-0.15, -0.1) is 0 Å². The van der Waals surface area contributed by atoms with E-state index in [9.17, 15) is 8.42 Å². The summed E-state index contributed by atoms with van der Waals surface area (Å²) in [6.45, 7) is 7.59. The molecule has 1 fully saturated rings. The van der Waals surface area contributed by atoms with Gasteiger partial charge < -0.3 is 5.32 Å². The smallest absolute Gasteiger partial charge is 0.244 e. The van der Waals surface area contributed by atoms with Crippen LogP contribution in [0.2, 0.25) is 0 Å². The summed E-state index contributed by atoms with van der Waals surface area (Å²) in [7, 11) is -3.50. The van der Waals surface area contributed by atoms with Crippen molar-refractivity contribution < 1.29 is 8.42 Å². The lowest BCUT2D eigenvalue weighted by atomic mass is 10.1. The van der Waals surface area contributed by atoms with Crippen molar-refractivity contribution in [3.05, 3.63) is 18.5 Å². The van der Waals surface area contributed by atoms with Crippen LogP contribution in [0.1, 0.15) is 33.6 Å². The Morgan fingerprint density at radius 1 is 1.45 bits per heavy atom. The Hall–Kier alpha value is -1.14. The zero-order chi connectivity index (χ0) is 14.8. The molecule has 5 nitrogen and oxygen atoms in total. The largest absolute Gasteiger partial charge is 0.384 e. The van der Waals surface area contributed by atoms with Crippen LogP contribution in [0.4, 0.5) is 5.69 Å². The van der Waals surface area contributed by atoms with Gasteiger partial charge in [0.25, 0.3) is 0 Å². The Bertz CT molecular complexity index is 570. The minimum atomic E-state index is -3.50. The second-order valence-corrected chi connectivity index (χ2v) is 7.78. The molecule has 2 N–H and O–H groups in total. The third kappa shape index (κ3) is 3.49. The van der Waals surface area contributed by atoms with E-state index >= 15 is 0 Å². The molecular weight excluding hydrogens is 274 g/mol. The van der Waals surface area contributed by atoms with Crippen LogP contribution in [0.15, 0.2) is 23.4 Å². The Morgan fingerprint density at radius 2 is 2.15 bits per heavy atom. The highest BCUT2D eigenvalue weighted by Gasteiger charge is 2.45. The molecule has 0 bridgehead atoms. The van der Waals surface area contributed by atoms with Gasteiger partial charge in [0.2, 0.25) is 10.0 Å². The first-order valence-electron chi connectivity index (χ1n) is 7.04. The third-order valence-corrected chi connectivity index (χ3v) is 5.33. The van der Waals surface area contributed by atoms with Crippen LogP contribution in [0.25, 0.3) is 0 Å². The number of anilines is 1. The van der Waals surface area contributed by atoms with E-state index in [4.69, 9.17) is 0 Å². The molecule has 1 atom stereocenters. The number of hydrogen-bond acceptors (Lipinski definition) is 4. The molecule has 1 saturated carbocycles. The van der Waals surface area contributed by atoms with E-state index in [1.165, 1.54) is 6.20 Å². The van der Waals surface area contributed by atoms with E-state index in [-0.39, 0.29) is 10.3 Å². The van der Waals surface area contributed by atoms with E-state index < -0.39 is 10.0 Å². The van der Waals surface area contributed by atoms with Crippen LogP contribution in [-0.4, -0.2) is 26.5 Å². The molecular formula is C14H23N3O2S. The van der Waals surface area contributed by atoms with Crippen molar-refractivity contribution in [1.82, 2.24) is 9.71 Å². The summed E-state index contributed by atoms with van der Waals surface area (Å²) in [6, 6.07) is 1.70. The van der Waals surface area contributed by atoms with Gasteiger partial charge in [-0.1, -0.05) is 20.8 Å². The lowest BCUT2D eigenvalue weighted by Gasteiger charge is -2.12. The number of nitrogens with one attached hydrogen (secondary N) is 2. The van der Waals surface area contributed by atoms with Crippen molar-refractivity contribution in [1.29, 1.82) is 0 Å². The van der Waals surface area contributed by atoms with E-state index in [1.807, 2.05) is 6.92 Å². The maximum absolute atomic E-state index is 12.4. The predicted molar refractivity (Wildman–Crippen MR) is 80.1 cm³/mol. The van der Waals surface area contributed by atoms with Crippen LogP contribution < -0.4 is 10.0 Å². The average Bonchev–Trinajstić information content (AvgIpc) is 3.02. The van der Waals surface area contributed by atoms with Crippen LogP contribution >= 0.6 is 0 Å². The highest BCUT2D eigenvalue weighted by atomic mass is 32.2. The minimum Gasteiger partial charge on any atom is -0.384 e. The van der Waals surface area contributed by atoms with Crippen molar-refractivity contribution in [2.45, 2.75) is 38.5 Å². The SMILES string of the molecule is CCCNc1ccncc1S(=O)(=O)NCC1CC1(C)C. The molecule has 1 unspecified atom stereocenters. The van der Waals surface area contributed by atoms with Gasteiger partial charge >= 0.3 is 0 Å². The second kappa shape index (κ2) is 5.69. The fourth-order valence-electron chi connectivity index (χ4n) is 2.21. The van der Waals surface area contributed by atoms with Crippen molar-refractivity contribution in [2.24, 2.45) is 11.3 Å². The molecule has 6 heteroatoms. The number of pyridine rings is 1. The Balaban J connectivity index is 2.08. The van der Waals surface area contributed by atoms with Gasteiger partial charge in [0.1, 0.15) is 4.90 Å². The number of hydrogen-bond donors (Lipinski definition) is 2. The van der Waals surface area contributed by atoms with E-state index in [0.29, 0.717) is 18.2 Å². The van der Waals surface area contributed by atoms with Gasteiger partial charge in [-0.2, -0.15) is 0 Å². The first-order chi connectivity index (χ1) is 9.37. The molecule has 2 rings (SSSR count). The van der Waals surface area contributed by atoms with Gasteiger partial charge in [0.15, 0.2) is 0 Å². The zero-order valence-corrected chi connectivity index (χ0v) is 13.1. The second-order valence-electron chi connectivity index (χ2n) is 6.04. The maximum Gasteiger partial charge on any atom is 0.244 e. The summed E-state index contributed by atoms with van der Waals surface area (Å²) >= 11 is 0. The lowest BCUT2D eigenvalue weighted by molar-refractivity contribution is 0.537. The third-order valence-electron chi connectivity index (χ3n) is 3.88. The Kier molecular flexibility index (Phi) is 4.34. The molecule has 1 heterocycles. The zero-order valence-electron chi connectivity index (χ0n) is 12.3. The molecule has 0 amide bonds. The maximum atomic E-state index is 12.4. The predicted octanol–water partition coefficient (Wildman–Crippen LogP) is 2.23. The van der Waals surface area contributed by atoms with Gasteiger partial charge in [0.05, 0.1) is 5.69 Å². The van der Waals surface area contributed by atoms with Gasteiger partial charge in [-0.25, -0.2) is 13.1 Å². The van der Waals surface area contributed by atoms with E-state index in [0.717, 1.165) is 19.4 Å². The summed E-state index contributed by atoms with van der Waals surface area (Å²) in [6.07, 6.45) is 5.01. The number of nitrogens with zero attached hydrogens (tertiary/aromatic N) is 1. The minimum absolute atomic E-state index is 0.229. The van der Waals surface area contributed by atoms with Crippen molar-refractivity contribution >= 4 is 15.7 Å². The number of rotatable bonds is 7. The first kappa shape index (κ1) is 15.3. The molecule has 0 radical (unpaired) electrons. The fourth-order valence-corrected chi connectivity index (χ4v) is 3.42. The first-order valence-corrected chi connectivity index (χ1v) is 8.52. The molecule has 0 spiro atoms. The van der Waals surface area contributed by atoms with Crippen LogP contribution in [0, 0.1) is 11.3 Å². The molecule has 0 aliphatic heterocycles. The van der Waals surface area contributed by atoms with Crippen molar-refractivity contribution in [3.63, 3.8) is 0 Å². The molecule has 0 saturated heterocycles. The summed E-state index contributed by atoms with van der Waals surface area (Å²) in [5.41, 5.74) is 0.880. The van der Waals surface area contributed by atoms with Crippen molar-refractivity contribution in [3.8, 4) is 0 Å². The number of sulfonamides is 1. The standard InChI is InChI=1S/C14H23N3O2S/c1-4-6-16-12-5-7-15-10-13(12)20(18,19)17-9-11-8-14(11,2)3/h5,7,10-11,17H,4,6,8-9H2,1-3H3,(H,15,16). The summed E-state index contributed by atoms with van der Waals surface area (Å²) in [4.78, 5) is 4.16. The topological polar surface area (TPSA) is 71.1 Å². The normalized spacial score (nSPS) is 20.6. The van der Waals surface area contributed by atoms with Crippen LogP contribution in [0.3, 0.4) is 0 Å². The highest BCUT2D eigenvalue weighted by Crippen LogP contribution is 2.51. The lowest BCUT2D eigenvalue weighted by Crippen LogP contribution is -2.27. The molecule has 1 aromatic rings. The van der Waals surface area contributed by atoms with Crippen LogP contribution in [0.5, 0.6) is 0 Å². The van der Waals surface area contributed by atoms with Crippen LogP contribution in [-0.2, 0) is 10.0 Å². The summed E-state index contributed by atoms with van der Waals surface area (Å²) in [5.74, 6) is 0.431. The molecule has 1 aliphatic carbocycles. The van der Waals surface area contributed by atoms with Gasteiger partial charge in [0, 0.05) is 25.5 Å². The molecule has 112 valence electrons. The summed E-state index contributed by atoms with van der Waals surface area (Å²) in [5, 5.41) is 3.13. The average molecular weight is 297 g/mol. The molecule has 1 aromatic heterocycles. The van der Waals surface area contributed by atoms with Gasteiger partial charge in [-0.3, -0.25) is 4.98 Å². The van der Waals surface area contributed by atoms with E-state index in [1.54, 1.807) is 12.3 Å². The fraction of sp³-hybridized carbons (Fsp3) is 0.643. The van der Waals surface area contributed by atoms with Crippen molar-refractivity contribution in [2.75, 3.05) is 18.4 Å². The molecule has 0 aromatic carbocycles. The monoisotopic (exact) mass is 297 g/mol. The Morgan fingerprint density at radius 3 is 2.75 bits per heavy atom. The molecule has 20 heavy (non-hydrogen) atoms. The van der Waals surface area contributed by atoms with Gasteiger partial charge in [-0.05, 0) is 30.2 Å².